The average Bonchev–Trinajstić information content (AvgIpc) is 3.00. The van der Waals surface area contributed by atoms with Gasteiger partial charge in [0.25, 0.3) is 0 Å². The zero-order valence-electron chi connectivity index (χ0n) is 13.3. The molecule has 0 aliphatic carbocycles. The fourth-order valence-electron chi connectivity index (χ4n) is 2.25. The summed E-state index contributed by atoms with van der Waals surface area (Å²) in [5.74, 6) is 2.04. The van der Waals surface area contributed by atoms with Gasteiger partial charge in [0, 0.05) is 0 Å². The largest absolute Gasteiger partial charge is 0.497 e. The number of ether oxygens (including phenoxy) is 2. The van der Waals surface area contributed by atoms with Crippen LogP contribution >= 0.6 is 12.2 Å². The fourth-order valence-corrected chi connectivity index (χ4v) is 2.43. The molecule has 3 aromatic rings. The van der Waals surface area contributed by atoms with Crippen LogP contribution in [0.3, 0.4) is 0 Å². The minimum absolute atomic E-state index is 0.398. The highest BCUT2D eigenvalue weighted by Crippen LogP contribution is 2.28. The summed E-state index contributed by atoms with van der Waals surface area (Å²) < 4.78 is 12.6. The van der Waals surface area contributed by atoms with Crippen molar-refractivity contribution >= 4 is 18.4 Å². The second-order valence-corrected chi connectivity index (χ2v) is 5.27. The molecule has 1 aromatic heterocycles. The molecule has 1 N–H and O–H groups in total. The van der Waals surface area contributed by atoms with Gasteiger partial charge >= 0.3 is 0 Å². The van der Waals surface area contributed by atoms with Crippen molar-refractivity contribution in [1.82, 2.24) is 14.9 Å². The van der Waals surface area contributed by atoms with Crippen LogP contribution in [0.1, 0.15) is 5.56 Å². The van der Waals surface area contributed by atoms with Gasteiger partial charge in [-0.2, -0.15) is 14.9 Å². The number of hydrogen-bond acceptors (Lipinski definition) is 5. The predicted molar refractivity (Wildman–Crippen MR) is 95.4 cm³/mol. The van der Waals surface area contributed by atoms with E-state index in [4.69, 9.17) is 21.7 Å². The van der Waals surface area contributed by atoms with E-state index in [0.29, 0.717) is 16.3 Å². The minimum atomic E-state index is 0.398. The Balaban J connectivity index is 2.02. The first-order valence-electron chi connectivity index (χ1n) is 7.22. The van der Waals surface area contributed by atoms with Gasteiger partial charge in [-0.15, -0.1) is 0 Å². The van der Waals surface area contributed by atoms with Crippen LogP contribution in [-0.2, 0) is 0 Å². The van der Waals surface area contributed by atoms with Crippen LogP contribution in [0.15, 0.2) is 53.6 Å². The summed E-state index contributed by atoms with van der Waals surface area (Å²) in [4.78, 5) is 0. The zero-order valence-corrected chi connectivity index (χ0v) is 14.1. The van der Waals surface area contributed by atoms with Crippen molar-refractivity contribution < 1.29 is 9.47 Å². The number of aromatic amines is 1. The van der Waals surface area contributed by atoms with Crippen LogP contribution < -0.4 is 9.47 Å². The van der Waals surface area contributed by atoms with Crippen LogP contribution in [0.4, 0.5) is 0 Å². The Kier molecular flexibility index (Phi) is 4.72. The lowest BCUT2D eigenvalue weighted by Gasteiger charge is -2.06. The molecule has 0 unspecified atom stereocenters. The molecule has 3 rings (SSSR count). The summed E-state index contributed by atoms with van der Waals surface area (Å²) in [6.45, 7) is 0. The third-order valence-corrected chi connectivity index (χ3v) is 3.68. The number of para-hydroxylation sites is 1. The molecular weight excluding hydrogens is 324 g/mol. The molecule has 6 nitrogen and oxygen atoms in total. The van der Waals surface area contributed by atoms with Gasteiger partial charge in [-0.25, -0.2) is 5.10 Å². The van der Waals surface area contributed by atoms with Crippen LogP contribution in [0.25, 0.3) is 11.4 Å². The van der Waals surface area contributed by atoms with Crippen molar-refractivity contribution in [3.8, 4) is 22.9 Å². The molecule has 2 aromatic carbocycles. The highest BCUT2D eigenvalue weighted by Gasteiger charge is 2.12. The summed E-state index contributed by atoms with van der Waals surface area (Å²) in [6.07, 6.45) is 1.70. The molecule has 0 saturated carbocycles. The maximum atomic E-state index is 5.39. The number of nitrogens with one attached hydrogen (secondary N) is 1. The van der Waals surface area contributed by atoms with Crippen LogP contribution in [-0.4, -0.2) is 35.3 Å². The summed E-state index contributed by atoms with van der Waals surface area (Å²) in [6, 6.07) is 15.2. The molecule has 0 atom stereocenters. The van der Waals surface area contributed by atoms with Crippen LogP contribution in [0, 0.1) is 4.77 Å². The van der Waals surface area contributed by atoms with E-state index in [1.54, 1.807) is 25.1 Å². The molecule has 0 amide bonds. The maximum Gasteiger partial charge on any atom is 0.216 e. The van der Waals surface area contributed by atoms with E-state index >= 15 is 0 Å². The van der Waals surface area contributed by atoms with Crippen molar-refractivity contribution in [3.63, 3.8) is 0 Å². The van der Waals surface area contributed by atoms with Crippen LogP contribution in [0.5, 0.6) is 11.5 Å². The molecule has 0 saturated heterocycles. The molecule has 1 heterocycles. The van der Waals surface area contributed by atoms with Gasteiger partial charge in [0.1, 0.15) is 11.5 Å². The van der Waals surface area contributed by atoms with E-state index in [-0.39, 0.29) is 0 Å². The first-order valence-corrected chi connectivity index (χ1v) is 7.63. The lowest BCUT2D eigenvalue weighted by molar-refractivity contribution is 0.414. The normalized spacial score (nSPS) is 10.9. The number of benzene rings is 2. The van der Waals surface area contributed by atoms with Gasteiger partial charge in [0.2, 0.25) is 4.77 Å². The SMILES string of the molecule is COc1cccc(/C=N\n2c(-c3ccccc3OC)n[nH]c2=S)c1. The van der Waals surface area contributed by atoms with E-state index in [1.807, 2.05) is 48.5 Å². The quantitative estimate of drug-likeness (QED) is 0.570. The number of nitrogens with zero attached hydrogens (tertiary/aromatic N) is 3. The van der Waals surface area contributed by atoms with E-state index in [9.17, 15) is 0 Å². The van der Waals surface area contributed by atoms with E-state index in [0.717, 1.165) is 16.9 Å². The lowest BCUT2D eigenvalue weighted by Crippen LogP contribution is -1.97. The van der Waals surface area contributed by atoms with Gasteiger partial charge in [0.05, 0.1) is 26.0 Å². The van der Waals surface area contributed by atoms with Gasteiger partial charge in [0.15, 0.2) is 5.82 Å². The van der Waals surface area contributed by atoms with Gasteiger partial charge < -0.3 is 9.47 Å². The topological polar surface area (TPSA) is 64.4 Å². The number of H-pyrrole nitrogens is 1. The molecule has 0 radical (unpaired) electrons. The Hall–Kier alpha value is -2.93. The summed E-state index contributed by atoms with van der Waals surface area (Å²) in [5.41, 5.74) is 1.69. The molecular formula is C17H16N4O2S. The van der Waals surface area contributed by atoms with E-state index in [2.05, 4.69) is 15.3 Å². The molecule has 7 heteroatoms. The minimum Gasteiger partial charge on any atom is -0.497 e. The van der Waals surface area contributed by atoms with E-state index < -0.39 is 0 Å². The van der Waals surface area contributed by atoms with Crippen molar-refractivity contribution in [2.45, 2.75) is 0 Å². The Labute approximate surface area is 144 Å². The number of aromatic nitrogens is 3. The fraction of sp³-hybridized carbons (Fsp3) is 0.118. The number of rotatable bonds is 5. The molecule has 0 bridgehead atoms. The molecule has 0 fully saturated rings. The standard InChI is InChI=1S/C17H16N4O2S/c1-22-13-7-5-6-12(10-13)11-18-21-16(19-20-17(21)24)14-8-3-4-9-15(14)23-2/h3-11H,1-2H3,(H,20,24)/b18-11-. The number of hydrogen-bond donors (Lipinski definition) is 1. The molecule has 0 aliphatic rings. The number of methoxy groups -OCH3 is 2. The summed E-state index contributed by atoms with van der Waals surface area (Å²) in [5, 5.41) is 11.5. The second kappa shape index (κ2) is 7.10. The Morgan fingerprint density at radius 3 is 2.75 bits per heavy atom. The van der Waals surface area contributed by atoms with Gasteiger partial charge in [-0.05, 0) is 42.0 Å². The highest BCUT2D eigenvalue weighted by molar-refractivity contribution is 7.71. The maximum absolute atomic E-state index is 5.39. The first kappa shape index (κ1) is 15.9. The monoisotopic (exact) mass is 340 g/mol. The van der Waals surface area contributed by atoms with Crippen molar-refractivity contribution in [2.75, 3.05) is 14.2 Å². The molecule has 0 aliphatic heterocycles. The summed E-state index contributed by atoms with van der Waals surface area (Å²) >= 11 is 5.28. The average molecular weight is 340 g/mol. The Morgan fingerprint density at radius 1 is 1.12 bits per heavy atom. The third-order valence-electron chi connectivity index (χ3n) is 3.41. The second-order valence-electron chi connectivity index (χ2n) is 4.89. The Morgan fingerprint density at radius 2 is 1.96 bits per heavy atom. The predicted octanol–water partition coefficient (Wildman–Crippen LogP) is 3.51. The van der Waals surface area contributed by atoms with Crippen molar-refractivity contribution in [1.29, 1.82) is 0 Å². The molecule has 24 heavy (non-hydrogen) atoms. The smallest absolute Gasteiger partial charge is 0.216 e. The Bertz CT molecular complexity index is 930. The van der Waals surface area contributed by atoms with Crippen molar-refractivity contribution in [3.05, 3.63) is 58.9 Å². The van der Waals surface area contributed by atoms with Gasteiger partial charge in [-0.1, -0.05) is 24.3 Å². The summed E-state index contributed by atoms with van der Waals surface area (Å²) in [7, 11) is 3.24. The van der Waals surface area contributed by atoms with E-state index in [1.165, 1.54) is 0 Å². The van der Waals surface area contributed by atoms with Crippen molar-refractivity contribution in [2.24, 2.45) is 5.10 Å². The van der Waals surface area contributed by atoms with Crippen LogP contribution in [0.2, 0.25) is 0 Å². The molecule has 0 spiro atoms. The third kappa shape index (κ3) is 3.21. The molecule has 122 valence electrons. The lowest BCUT2D eigenvalue weighted by atomic mass is 10.2. The first-order chi connectivity index (χ1) is 11.7. The zero-order chi connectivity index (χ0) is 16.9. The van der Waals surface area contributed by atoms with Gasteiger partial charge in [-0.3, -0.25) is 0 Å². The highest BCUT2D eigenvalue weighted by atomic mass is 32.1.